The second-order valence-corrected chi connectivity index (χ2v) is 8.34. The molecule has 1 aliphatic rings. The number of ether oxygens (including phenoxy) is 2. The second kappa shape index (κ2) is 7.48. The zero-order chi connectivity index (χ0) is 20.6. The van der Waals surface area contributed by atoms with Crippen molar-refractivity contribution in [1.82, 2.24) is 0 Å². The van der Waals surface area contributed by atoms with Crippen molar-refractivity contribution in [1.29, 1.82) is 0 Å². The molecule has 1 fully saturated rings. The standard InChI is InChI=1S/C24H24O5/c1-24(2,3)16-12-10-15(11-13-16)21-22(29-23(26)19-9-6-14-27-19)20(25)17-7-4-5-8-18(17)28-21/h4-5,7-8,10-13,19H,6,9,14H2,1-3H3. The molecular weight excluding hydrogens is 368 g/mol. The van der Waals surface area contributed by atoms with Gasteiger partial charge in [0.25, 0.3) is 0 Å². The number of benzene rings is 2. The number of rotatable bonds is 3. The van der Waals surface area contributed by atoms with Gasteiger partial charge in [0.05, 0.1) is 5.39 Å². The van der Waals surface area contributed by atoms with Crippen LogP contribution in [0.25, 0.3) is 22.3 Å². The summed E-state index contributed by atoms with van der Waals surface area (Å²) in [5.41, 5.74) is 1.91. The van der Waals surface area contributed by atoms with Gasteiger partial charge in [0, 0.05) is 12.2 Å². The Labute approximate surface area is 169 Å². The van der Waals surface area contributed by atoms with Crippen LogP contribution >= 0.6 is 0 Å². The molecule has 1 aromatic heterocycles. The van der Waals surface area contributed by atoms with Crippen LogP contribution in [0.4, 0.5) is 0 Å². The highest BCUT2D eigenvalue weighted by atomic mass is 16.6. The summed E-state index contributed by atoms with van der Waals surface area (Å²) in [5, 5.41) is 0.373. The van der Waals surface area contributed by atoms with E-state index in [9.17, 15) is 9.59 Å². The van der Waals surface area contributed by atoms with E-state index >= 15 is 0 Å². The fourth-order valence-corrected chi connectivity index (χ4v) is 3.46. The van der Waals surface area contributed by atoms with Crippen molar-refractivity contribution >= 4 is 16.9 Å². The van der Waals surface area contributed by atoms with Crippen LogP contribution in [0.2, 0.25) is 0 Å². The van der Waals surface area contributed by atoms with E-state index in [1.54, 1.807) is 24.3 Å². The SMILES string of the molecule is CC(C)(C)c1ccc(-c2oc3ccccc3c(=O)c2OC(=O)C2CCCO2)cc1. The number of hydrogen-bond donors (Lipinski definition) is 0. The maximum Gasteiger partial charge on any atom is 0.340 e. The highest BCUT2D eigenvalue weighted by Crippen LogP contribution is 2.33. The molecule has 1 atom stereocenters. The van der Waals surface area contributed by atoms with Crippen LogP contribution in [0.1, 0.15) is 39.2 Å². The van der Waals surface area contributed by atoms with E-state index in [0.717, 1.165) is 12.0 Å². The molecule has 0 amide bonds. The van der Waals surface area contributed by atoms with E-state index in [1.165, 1.54) is 0 Å². The van der Waals surface area contributed by atoms with Gasteiger partial charge in [-0.15, -0.1) is 0 Å². The second-order valence-electron chi connectivity index (χ2n) is 8.34. The van der Waals surface area contributed by atoms with Crippen molar-refractivity contribution in [2.45, 2.75) is 45.1 Å². The first-order chi connectivity index (χ1) is 13.8. The molecule has 2 aromatic carbocycles. The normalized spacial score (nSPS) is 16.9. The highest BCUT2D eigenvalue weighted by molar-refractivity contribution is 5.85. The maximum atomic E-state index is 13.1. The maximum absolute atomic E-state index is 13.1. The van der Waals surface area contributed by atoms with Crippen molar-refractivity contribution < 1.29 is 18.7 Å². The van der Waals surface area contributed by atoms with Crippen molar-refractivity contribution in [2.24, 2.45) is 0 Å². The summed E-state index contributed by atoms with van der Waals surface area (Å²) in [6.45, 7) is 6.92. The summed E-state index contributed by atoms with van der Waals surface area (Å²) in [6, 6.07) is 14.7. The van der Waals surface area contributed by atoms with Gasteiger partial charge in [-0.1, -0.05) is 57.2 Å². The van der Waals surface area contributed by atoms with Gasteiger partial charge in [-0.2, -0.15) is 0 Å². The van der Waals surface area contributed by atoms with Gasteiger partial charge in [-0.3, -0.25) is 4.79 Å². The van der Waals surface area contributed by atoms with Crippen LogP contribution in [0.3, 0.4) is 0 Å². The lowest BCUT2D eigenvalue weighted by Gasteiger charge is -2.19. The lowest BCUT2D eigenvalue weighted by molar-refractivity contribution is -0.144. The number of fused-ring (bicyclic) bond motifs is 1. The Balaban J connectivity index is 1.83. The van der Waals surface area contributed by atoms with Crippen molar-refractivity contribution in [2.75, 3.05) is 6.61 Å². The molecule has 1 aliphatic heterocycles. The van der Waals surface area contributed by atoms with Gasteiger partial charge < -0.3 is 13.9 Å². The Morgan fingerprint density at radius 3 is 2.45 bits per heavy atom. The third kappa shape index (κ3) is 3.83. The number of carbonyl (C=O) groups is 1. The van der Waals surface area contributed by atoms with E-state index < -0.39 is 12.1 Å². The topological polar surface area (TPSA) is 65.7 Å². The van der Waals surface area contributed by atoms with Crippen LogP contribution < -0.4 is 10.2 Å². The Morgan fingerprint density at radius 1 is 1.07 bits per heavy atom. The lowest BCUT2D eigenvalue weighted by Crippen LogP contribution is -2.27. The van der Waals surface area contributed by atoms with Crippen LogP contribution in [-0.2, 0) is 14.9 Å². The molecule has 150 valence electrons. The minimum Gasteiger partial charge on any atom is -0.452 e. The van der Waals surface area contributed by atoms with Crippen LogP contribution in [-0.4, -0.2) is 18.7 Å². The highest BCUT2D eigenvalue weighted by Gasteiger charge is 2.29. The summed E-state index contributed by atoms with van der Waals surface area (Å²) >= 11 is 0. The van der Waals surface area contributed by atoms with Crippen LogP contribution in [0, 0.1) is 0 Å². The van der Waals surface area contributed by atoms with E-state index in [-0.39, 0.29) is 22.4 Å². The first kappa shape index (κ1) is 19.4. The van der Waals surface area contributed by atoms with E-state index in [1.807, 2.05) is 24.3 Å². The largest absolute Gasteiger partial charge is 0.452 e. The van der Waals surface area contributed by atoms with Gasteiger partial charge >= 0.3 is 5.97 Å². The predicted molar refractivity (Wildman–Crippen MR) is 111 cm³/mol. The summed E-state index contributed by atoms with van der Waals surface area (Å²) < 4.78 is 17.0. The number of hydrogen-bond acceptors (Lipinski definition) is 5. The average Bonchev–Trinajstić information content (AvgIpc) is 3.24. The minimum absolute atomic E-state index is 0.00212. The van der Waals surface area contributed by atoms with Crippen LogP contribution in [0.15, 0.2) is 57.7 Å². The van der Waals surface area contributed by atoms with Gasteiger partial charge in [-0.05, 0) is 36.0 Å². The molecule has 5 heteroatoms. The molecule has 0 saturated carbocycles. The Kier molecular flexibility index (Phi) is 5.01. The van der Waals surface area contributed by atoms with Crippen molar-refractivity contribution in [3.63, 3.8) is 0 Å². The zero-order valence-corrected chi connectivity index (χ0v) is 16.9. The van der Waals surface area contributed by atoms with E-state index in [0.29, 0.717) is 29.6 Å². The van der Waals surface area contributed by atoms with E-state index in [2.05, 4.69) is 20.8 Å². The quantitative estimate of drug-likeness (QED) is 0.597. The van der Waals surface area contributed by atoms with Crippen molar-refractivity contribution in [3.8, 4) is 17.1 Å². The first-order valence-corrected chi connectivity index (χ1v) is 9.84. The Bertz CT molecular complexity index is 1100. The molecule has 0 N–H and O–H groups in total. The number of carbonyl (C=O) groups excluding carboxylic acids is 1. The predicted octanol–water partition coefficient (Wildman–Crippen LogP) is 4.84. The lowest BCUT2D eigenvalue weighted by atomic mass is 9.86. The summed E-state index contributed by atoms with van der Waals surface area (Å²) in [5.74, 6) is -0.397. The fourth-order valence-electron chi connectivity index (χ4n) is 3.46. The molecule has 5 nitrogen and oxygen atoms in total. The third-order valence-corrected chi connectivity index (χ3v) is 5.16. The molecule has 0 radical (unpaired) electrons. The molecule has 1 unspecified atom stereocenters. The Hall–Kier alpha value is -2.92. The number of para-hydroxylation sites is 1. The third-order valence-electron chi connectivity index (χ3n) is 5.16. The molecule has 1 saturated heterocycles. The Morgan fingerprint density at radius 2 is 1.79 bits per heavy atom. The van der Waals surface area contributed by atoms with Gasteiger partial charge in [0.2, 0.25) is 11.2 Å². The molecule has 3 aromatic rings. The molecule has 4 rings (SSSR count). The van der Waals surface area contributed by atoms with Crippen LogP contribution in [0.5, 0.6) is 5.75 Å². The van der Waals surface area contributed by atoms with Crippen molar-refractivity contribution in [3.05, 3.63) is 64.3 Å². The van der Waals surface area contributed by atoms with Gasteiger partial charge in [0.1, 0.15) is 5.58 Å². The molecule has 0 spiro atoms. The van der Waals surface area contributed by atoms with Gasteiger partial charge in [0.15, 0.2) is 11.9 Å². The minimum atomic E-state index is -0.642. The summed E-state index contributed by atoms with van der Waals surface area (Å²) in [6.07, 6.45) is 0.748. The zero-order valence-electron chi connectivity index (χ0n) is 16.9. The van der Waals surface area contributed by atoms with Gasteiger partial charge in [-0.25, -0.2) is 4.79 Å². The van der Waals surface area contributed by atoms with E-state index in [4.69, 9.17) is 13.9 Å². The molecular formula is C24H24O5. The first-order valence-electron chi connectivity index (χ1n) is 9.84. The molecule has 29 heavy (non-hydrogen) atoms. The smallest absolute Gasteiger partial charge is 0.340 e. The summed E-state index contributed by atoms with van der Waals surface area (Å²) in [7, 11) is 0. The molecule has 0 aliphatic carbocycles. The average molecular weight is 392 g/mol. The number of esters is 1. The fraction of sp³-hybridized carbons (Fsp3) is 0.333. The summed E-state index contributed by atoms with van der Waals surface area (Å²) in [4.78, 5) is 25.7. The monoisotopic (exact) mass is 392 g/mol. The molecule has 0 bridgehead atoms. The molecule has 2 heterocycles.